The quantitative estimate of drug-likeness (QED) is 0.507. The van der Waals surface area contributed by atoms with E-state index < -0.39 is 11.9 Å². The Morgan fingerprint density at radius 1 is 0.972 bits per heavy atom. The number of methoxy groups -OCH3 is 1. The van der Waals surface area contributed by atoms with Crippen molar-refractivity contribution >= 4 is 17.5 Å². The summed E-state index contributed by atoms with van der Waals surface area (Å²) in [6.07, 6.45) is 6.63. The van der Waals surface area contributed by atoms with Gasteiger partial charge in [0.15, 0.2) is 17.3 Å². The molecule has 1 fully saturated rings. The van der Waals surface area contributed by atoms with Gasteiger partial charge in [0.2, 0.25) is 5.91 Å². The van der Waals surface area contributed by atoms with Gasteiger partial charge in [-0.1, -0.05) is 31.4 Å². The molecule has 8 nitrogen and oxygen atoms in total. The Labute approximate surface area is 210 Å². The van der Waals surface area contributed by atoms with Crippen LogP contribution in [0.3, 0.4) is 0 Å². The Balaban J connectivity index is 1.59. The molecule has 1 aliphatic carbocycles. The molecule has 188 valence electrons. The number of furan rings is 1. The van der Waals surface area contributed by atoms with E-state index in [1.165, 1.54) is 17.6 Å². The highest BCUT2D eigenvalue weighted by Crippen LogP contribution is 2.38. The summed E-state index contributed by atoms with van der Waals surface area (Å²) < 4.78 is 22.2. The third kappa shape index (κ3) is 5.03. The first kappa shape index (κ1) is 23.8. The molecule has 0 unspecified atom stereocenters. The highest BCUT2D eigenvalue weighted by atomic mass is 16.6. The number of nitrogens with one attached hydrogen (secondary N) is 1. The zero-order valence-electron chi connectivity index (χ0n) is 20.3. The minimum Gasteiger partial charge on any atom is -0.497 e. The number of rotatable bonds is 7. The van der Waals surface area contributed by atoms with E-state index in [1.807, 2.05) is 12.1 Å². The monoisotopic (exact) mass is 490 g/mol. The second kappa shape index (κ2) is 10.8. The Kier molecular flexibility index (Phi) is 7.11. The summed E-state index contributed by atoms with van der Waals surface area (Å²) in [5.74, 6) is 1.24. The van der Waals surface area contributed by atoms with Gasteiger partial charge in [-0.2, -0.15) is 0 Å². The van der Waals surface area contributed by atoms with Crippen LogP contribution in [0.4, 0.5) is 5.69 Å². The third-order valence-corrected chi connectivity index (χ3v) is 6.64. The average Bonchev–Trinajstić information content (AvgIpc) is 3.47. The maximum atomic E-state index is 13.9. The summed E-state index contributed by atoms with van der Waals surface area (Å²) in [4.78, 5) is 29.3. The van der Waals surface area contributed by atoms with Gasteiger partial charge >= 0.3 is 0 Å². The number of fused-ring (bicyclic) bond motifs is 1. The van der Waals surface area contributed by atoms with Gasteiger partial charge in [0.05, 0.1) is 13.4 Å². The lowest BCUT2D eigenvalue weighted by atomic mass is 9.94. The fraction of sp³-hybridized carbons (Fsp3) is 0.357. The highest BCUT2D eigenvalue weighted by molar-refractivity contribution is 6.08. The fourth-order valence-corrected chi connectivity index (χ4v) is 4.82. The molecule has 1 aliphatic heterocycles. The molecule has 5 rings (SSSR count). The smallest absolute Gasteiger partial charge is 0.294 e. The summed E-state index contributed by atoms with van der Waals surface area (Å²) in [6.45, 7) is 0.867. The third-order valence-electron chi connectivity index (χ3n) is 6.64. The van der Waals surface area contributed by atoms with E-state index in [0.717, 1.165) is 25.7 Å². The Hall–Kier alpha value is -3.94. The maximum Gasteiger partial charge on any atom is 0.294 e. The van der Waals surface area contributed by atoms with E-state index >= 15 is 0 Å². The molecule has 2 amide bonds. The summed E-state index contributed by atoms with van der Waals surface area (Å²) in [7, 11) is 1.59. The number of hydrogen-bond donors (Lipinski definition) is 1. The number of nitrogens with zero attached hydrogens (tertiary/aromatic N) is 1. The van der Waals surface area contributed by atoms with Crippen LogP contribution < -0.4 is 24.4 Å². The molecule has 2 aliphatic rings. The Morgan fingerprint density at radius 2 is 1.72 bits per heavy atom. The first-order chi connectivity index (χ1) is 17.6. The number of anilines is 1. The SMILES string of the molecule is COc1ccc([C@H](C(=O)NC2CCCCC2)N(C(=O)c2ccco2)c2ccc3c(c2)OCCO3)cc1. The van der Waals surface area contributed by atoms with Gasteiger partial charge in [-0.15, -0.1) is 0 Å². The van der Waals surface area contributed by atoms with Crippen LogP contribution in [0, 0.1) is 0 Å². The lowest BCUT2D eigenvalue weighted by Crippen LogP contribution is -2.47. The topological polar surface area (TPSA) is 90.2 Å². The van der Waals surface area contributed by atoms with Crippen molar-refractivity contribution in [2.24, 2.45) is 0 Å². The van der Waals surface area contributed by atoms with Crippen molar-refractivity contribution in [3.05, 3.63) is 72.2 Å². The molecule has 36 heavy (non-hydrogen) atoms. The normalized spacial score (nSPS) is 16.1. The molecule has 3 aromatic rings. The number of carbonyl (C=O) groups excluding carboxylic acids is 2. The molecule has 0 saturated heterocycles. The van der Waals surface area contributed by atoms with E-state index in [2.05, 4.69) is 5.32 Å². The number of ether oxygens (including phenoxy) is 3. The lowest BCUT2D eigenvalue weighted by Gasteiger charge is -2.33. The van der Waals surface area contributed by atoms with Crippen molar-refractivity contribution in [2.45, 2.75) is 44.2 Å². The van der Waals surface area contributed by atoms with Gasteiger partial charge in [-0.05, 0) is 54.8 Å². The number of benzene rings is 2. The Morgan fingerprint density at radius 3 is 2.42 bits per heavy atom. The number of amides is 2. The van der Waals surface area contributed by atoms with Crippen molar-refractivity contribution in [1.29, 1.82) is 0 Å². The zero-order chi connectivity index (χ0) is 24.9. The molecule has 0 spiro atoms. The van der Waals surface area contributed by atoms with Crippen molar-refractivity contribution in [3.8, 4) is 17.2 Å². The minimum atomic E-state index is -0.946. The van der Waals surface area contributed by atoms with Crippen molar-refractivity contribution in [3.63, 3.8) is 0 Å². The average molecular weight is 491 g/mol. The van der Waals surface area contributed by atoms with Crippen LogP contribution in [-0.2, 0) is 4.79 Å². The summed E-state index contributed by atoms with van der Waals surface area (Å²) in [5.41, 5.74) is 1.15. The van der Waals surface area contributed by atoms with Gasteiger partial charge in [0.1, 0.15) is 25.0 Å². The second-order valence-electron chi connectivity index (χ2n) is 9.00. The van der Waals surface area contributed by atoms with Gasteiger partial charge in [-0.25, -0.2) is 0 Å². The van der Waals surface area contributed by atoms with Gasteiger partial charge in [-0.3, -0.25) is 14.5 Å². The predicted octanol–water partition coefficient (Wildman–Crippen LogP) is 4.90. The summed E-state index contributed by atoms with van der Waals surface area (Å²) >= 11 is 0. The molecule has 1 N–H and O–H groups in total. The Bertz CT molecular complexity index is 1190. The first-order valence-corrected chi connectivity index (χ1v) is 12.3. The van der Waals surface area contributed by atoms with Crippen LogP contribution in [0.15, 0.2) is 65.3 Å². The first-order valence-electron chi connectivity index (χ1n) is 12.3. The molecular formula is C28H30N2O6. The van der Waals surface area contributed by atoms with E-state index in [-0.39, 0.29) is 17.7 Å². The summed E-state index contributed by atoms with van der Waals surface area (Å²) in [6, 6.07) is 14.8. The second-order valence-corrected chi connectivity index (χ2v) is 9.00. The number of carbonyl (C=O) groups is 2. The standard InChI is InChI=1S/C28H30N2O6/c1-33-22-12-9-19(10-13-22)26(27(31)29-20-6-3-2-4-7-20)30(28(32)24-8-5-15-34-24)21-11-14-23-25(18-21)36-17-16-35-23/h5,8-15,18,20,26H,2-4,6-7,16-17H2,1H3,(H,29,31)/t26-/m1/s1. The molecule has 2 aromatic carbocycles. The van der Waals surface area contributed by atoms with Crippen LogP contribution in [0.5, 0.6) is 17.2 Å². The molecule has 0 radical (unpaired) electrons. The van der Waals surface area contributed by atoms with E-state index in [1.54, 1.807) is 49.6 Å². The molecular weight excluding hydrogens is 460 g/mol. The van der Waals surface area contributed by atoms with Crippen molar-refractivity contribution in [1.82, 2.24) is 5.32 Å². The van der Waals surface area contributed by atoms with Crippen LogP contribution in [-0.4, -0.2) is 38.2 Å². The lowest BCUT2D eigenvalue weighted by molar-refractivity contribution is -0.123. The van der Waals surface area contributed by atoms with E-state index in [0.29, 0.717) is 41.7 Å². The van der Waals surface area contributed by atoms with Gasteiger partial charge in [0, 0.05) is 17.8 Å². The highest BCUT2D eigenvalue weighted by Gasteiger charge is 2.36. The minimum absolute atomic E-state index is 0.0767. The van der Waals surface area contributed by atoms with Crippen LogP contribution in [0.25, 0.3) is 0 Å². The molecule has 1 saturated carbocycles. The fourth-order valence-electron chi connectivity index (χ4n) is 4.82. The van der Waals surface area contributed by atoms with Crippen molar-refractivity contribution in [2.75, 3.05) is 25.2 Å². The van der Waals surface area contributed by atoms with E-state index in [9.17, 15) is 9.59 Å². The molecule has 0 bridgehead atoms. The van der Waals surface area contributed by atoms with Crippen LogP contribution in [0.1, 0.15) is 54.3 Å². The summed E-state index contributed by atoms with van der Waals surface area (Å²) in [5, 5.41) is 3.21. The predicted molar refractivity (Wildman–Crippen MR) is 134 cm³/mol. The molecule has 1 aromatic heterocycles. The van der Waals surface area contributed by atoms with E-state index in [4.69, 9.17) is 18.6 Å². The van der Waals surface area contributed by atoms with Gasteiger partial charge < -0.3 is 23.9 Å². The molecule has 1 atom stereocenters. The van der Waals surface area contributed by atoms with Crippen LogP contribution >= 0.6 is 0 Å². The zero-order valence-corrected chi connectivity index (χ0v) is 20.3. The number of hydrogen-bond acceptors (Lipinski definition) is 6. The van der Waals surface area contributed by atoms with Crippen LogP contribution in [0.2, 0.25) is 0 Å². The van der Waals surface area contributed by atoms with Crippen molar-refractivity contribution < 1.29 is 28.2 Å². The molecule has 2 heterocycles. The molecule has 8 heteroatoms. The van der Waals surface area contributed by atoms with Gasteiger partial charge in [0.25, 0.3) is 5.91 Å². The maximum absolute atomic E-state index is 13.9. The largest absolute Gasteiger partial charge is 0.497 e.